The summed E-state index contributed by atoms with van der Waals surface area (Å²) in [6, 6.07) is 4.87. The number of piperidine rings is 1. The molecule has 2 rings (SSSR count). The first-order chi connectivity index (χ1) is 8.24. The molecule has 0 N–H and O–H groups in total. The summed E-state index contributed by atoms with van der Waals surface area (Å²) in [7, 11) is 0. The van der Waals surface area contributed by atoms with Crippen molar-refractivity contribution in [1.29, 1.82) is 0 Å². The minimum atomic E-state index is 0.574. The van der Waals surface area contributed by atoms with Crippen molar-refractivity contribution in [3.63, 3.8) is 0 Å². The van der Waals surface area contributed by atoms with Crippen LogP contribution >= 0.6 is 11.6 Å². The van der Waals surface area contributed by atoms with Gasteiger partial charge in [-0.1, -0.05) is 6.92 Å². The van der Waals surface area contributed by atoms with E-state index in [0.717, 1.165) is 24.5 Å². The van der Waals surface area contributed by atoms with Crippen LogP contribution < -0.4 is 4.90 Å². The maximum absolute atomic E-state index is 5.96. The third-order valence-corrected chi connectivity index (χ3v) is 3.85. The Morgan fingerprint density at radius 2 is 2.24 bits per heavy atom. The molecular weight excluding hydrogens is 232 g/mol. The second-order valence-corrected chi connectivity index (χ2v) is 5.12. The highest BCUT2D eigenvalue weighted by Crippen LogP contribution is 2.24. The molecule has 1 aromatic heterocycles. The minimum Gasteiger partial charge on any atom is -0.354 e. The summed E-state index contributed by atoms with van der Waals surface area (Å²) >= 11 is 5.96. The second-order valence-electron chi connectivity index (χ2n) is 4.85. The number of anilines is 1. The average Bonchev–Trinajstić information content (AvgIpc) is 2.38. The fourth-order valence-electron chi connectivity index (χ4n) is 2.48. The highest BCUT2D eigenvalue weighted by molar-refractivity contribution is 6.17. The van der Waals surface area contributed by atoms with Crippen LogP contribution in [0.5, 0.6) is 0 Å². The number of hydrogen-bond donors (Lipinski definition) is 0. The largest absolute Gasteiger partial charge is 0.354 e. The molecule has 0 radical (unpaired) electrons. The Kier molecular flexibility index (Phi) is 4.27. The van der Waals surface area contributed by atoms with Crippen LogP contribution in [0.1, 0.15) is 44.4 Å². The van der Waals surface area contributed by atoms with Crippen molar-refractivity contribution in [1.82, 2.24) is 4.98 Å². The molecular formula is C14H21ClN2. The molecule has 3 heteroatoms. The van der Waals surface area contributed by atoms with Crippen LogP contribution in [-0.2, 0) is 12.3 Å². The Labute approximate surface area is 109 Å². The second kappa shape index (κ2) is 5.72. The third-order valence-electron chi connectivity index (χ3n) is 3.54. The van der Waals surface area contributed by atoms with E-state index in [-0.39, 0.29) is 0 Å². The highest BCUT2D eigenvalue weighted by Gasteiger charge is 2.20. The van der Waals surface area contributed by atoms with Crippen molar-refractivity contribution < 1.29 is 0 Å². The summed E-state index contributed by atoms with van der Waals surface area (Å²) in [5.41, 5.74) is 2.34. The zero-order chi connectivity index (χ0) is 12.3. The minimum absolute atomic E-state index is 0.574. The molecule has 0 aliphatic carbocycles. The average molecular weight is 253 g/mol. The topological polar surface area (TPSA) is 16.1 Å². The number of hydrogen-bond acceptors (Lipinski definition) is 2. The van der Waals surface area contributed by atoms with E-state index in [1.165, 1.54) is 24.8 Å². The van der Waals surface area contributed by atoms with Crippen LogP contribution in [0.25, 0.3) is 0 Å². The molecule has 1 aliphatic heterocycles. The first-order valence-electron chi connectivity index (χ1n) is 6.57. The predicted octanol–water partition coefficient (Wildman–Crippen LogP) is 3.76. The number of rotatable bonds is 3. The van der Waals surface area contributed by atoms with Gasteiger partial charge in [0.2, 0.25) is 0 Å². The van der Waals surface area contributed by atoms with E-state index in [4.69, 9.17) is 16.6 Å². The summed E-state index contributed by atoms with van der Waals surface area (Å²) < 4.78 is 0. The zero-order valence-corrected chi connectivity index (χ0v) is 11.5. The van der Waals surface area contributed by atoms with Crippen LogP contribution in [0.2, 0.25) is 0 Å². The van der Waals surface area contributed by atoms with Crippen molar-refractivity contribution in [2.75, 3.05) is 11.4 Å². The quantitative estimate of drug-likeness (QED) is 0.762. The van der Waals surface area contributed by atoms with E-state index in [0.29, 0.717) is 11.9 Å². The Morgan fingerprint density at radius 3 is 2.88 bits per heavy atom. The summed E-state index contributed by atoms with van der Waals surface area (Å²) in [4.78, 5) is 7.17. The molecule has 1 fully saturated rings. The van der Waals surface area contributed by atoms with Gasteiger partial charge < -0.3 is 4.90 Å². The van der Waals surface area contributed by atoms with Gasteiger partial charge in [0.05, 0.1) is 0 Å². The zero-order valence-electron chi connectivity index (χ0n) is 10.7. The van der Waals surface area contributed by atoms with Gasteiger partial charge >= 0.3 is 0 Å². The molecule has 1 atom stereocenters. The van der Waals surface area contributed by atoms with Crippen LogP contribution in [0.4, 0.5) is 5.82 Å². The van der Waals surface area contributed by atoms with Crippen LogP contribution in [0.3, 0.4) is 0 Å². The number of halogens is 1. The fourth-order valence-corrected chi connectivity index (χ4v) is 2.63. The third kappa shape index (κ3) is 2.92. The number of alkyl halides is 1. The molecule has 0 spiro atoms. The molecule has 94 valence electrons. The van der Waals surface area contributed by atoms with Gasteiger partial charge in [0, 0.05) is 24.2 Å². The van der Waals surface area contributed by atoms with E-state index < -0.39 is 0 Å². The van der Waals surface area contributed by atoms with Crippen molar-refractivity contribution >= 4 is 17.4 Å². The lowest BCUT2D eigenvalue weighted by atomic mass is 10.0. The molecule has 0 amide bonds. The van der Waals surface area contributed by atoms with Crippen LogP contribution in [0, 0.1) is 0 Å². The molecule has 17 heavy (non-hydrogen) atoms. The standard InChI is InChI=1S/C14H21ClN2/c1-3-13-8-12(10-15)9-14(16-13)17-7-5-4-6-11(17)2/h8-9,11H,3-7,10H2,1-2H3. The molecule has 1 unspecified atom stereocenters. The summed E-state index contributed by atoms with van der Waals surface area (Å²) in [6.07, 6.45) is 4.86. The molecule has 2 heterocycles. The smallest absolute Gasteiger partial charge is 0.129 e. The van der Waals surface area contributed by atoms with Gasteiger partial charge in [0.15, 0.2) is 0 Å². The van der Waals surface area contributed by atoms with Gasteiger partial charge in [-0.15, -0.1) is 11.6 Å². The predicted molar refractivity (Wildman–Crippen MR) is 73.8 cm³/mol. The lowest BCUT2D eigenvalue weighted by molar-refractivity contribution is 0.481. The Balaban J connectivity index is 2.29. The lowest BCUT2D eigenvalue weighted by Crippen LogP contribution is -2.38. The normalized spacial score (nSPS) is 20.6. The van der Waals surface area contributed by atoms with Gasteiger partial charge in [0.1, 0.15) is 5.82 Å². The summed E-state index contributed by atoms with van der Waals surface area (Å²) in [6.45, 7) is 5.56. The molecule has 0 aromatic carbocycles. The molecule has 1 aliphatic rings. The Bertz CT molecular complexity index is 356. The maximum Gasteiger partial charge on any atom is 0.129 e. The number of aromatic nitrogens is 1. The van der Waals surface area contributed by atoms with Crippen molar-refractivity contribution in [3.8, 4) is 0 Å². The van der Waals surface area contributed by atoms with Crippen molar-refractivity contribution in [2.45, 2.75) is 51.5 Å². The molecule has 1 aromatic rings. The fraction of sp³-hybridized carbons (Fsp3) is 0.643. The van der Waals surface area contributed by atoms with E-state index in [1.54, 1.807) is 0 Å². The summed E-state index contributed by atoms with van der Waals surface area (Å²) in [5, 5.41) is 0. The highest BCUT2D eigenvalue weighted by atomic mass is 35.5. The van der Waals surface area contributed by atoms with E-state index >= 15 is 0 Å². The van der Waals surface area contributed by atoms with Gasteiger partial charge in [-0.3, -0.25) is 0 Å². The van der Waals surface area contributed by atoms with Gasteiger partial charge in [-0.2, -0.15) is 0 Å². The number of nitrogens with zero attached hydrogens (tertiary/aromatic N) is 2. The number of pyridine rings is 1. The van der Waals surface area contributed by atoms with Gasteiger partial charge in [0.25, 0.3) is 0 Å². The van der Waals surface area contributed by atoms with Crippen molar-refractivity contribution in [3.05, 3.63) is 23.4 Å². The molecule has 0 saturated carbocycles. The molecule has 1 saturated heterocycles. The van der Waals surface area contributed by atoms with Crippen LogP contribution in [0.15, 0.2) is 12.1 Å². The van der Waals surface area contributed by atoms with Crippen LogP contribution in [-0.4, -0.2) is 17.6 Å². The first-order valence-corrected chi connectivity index (χ1v) is 7.10. The summed E-state index contributed by atoms with van der Waals surface area (Å²) in [5.74, 6) is 1.69. The first kappa shape index (κ1) is 12.7. The number of aryl methyl sites for hydroxylation is 1. The van der Waals surface area contributed by atoms with Gasteiger partial charge in [-0.25, -0.2) is 4.98 Å². The molecule has 2 nitrogen and oxygen atoms in total. The Morgan fingerprint density at radius 1 is 1.41 bits per heavy atom. The maximum atomic E-state index is 5.96. The SMILES string of the molecule is CCc1cc(CCl)cc(N2CCCCC2C)n1. The van der Waals surface area contributed by atoms with E-state index in [9.17, 15) is 0 Å². The molecule has 0 bridgehead atoms. The lowest BCUT2D eigenvalue weighted by Gasteiger charge is -2.34. The Hall–Kier alpha value is -0.760. The van der Waals surface area contributed by atoms with Gasteiger partial charge in [-0.05, 0) is 50.3 Å². The van der Waals surface area contributed by atoms with E-state index in [2.05, 4.69) is 30.9 Å². The van der Waals surface area contributed by atoms with Crippen molar-refractivity contribution in [2.24, 2.45) is 0 Å². The van der Waals surface area contributed by atoms with E-state index in [1.807, 2.05) is 0 Å². The monoisotopic (exact) mass is 252 g/mol.